The van der Waals surface area contributed by atoms with E-state index in [2.05, 4.69) is 132 Å². The second-order valence-electron chi connectivity index (χ2n) is 10.7. The van der Waals surface area contributed by atoms with Crippen LogP contribution < -0.4 is 4.74 Å². The summed E-state index contributed by atoms with van der Waals surface area (Å²) in [6, 6.07) is 45.3. The van der Waals surface area contributed by atoms with Crippen LogP contribution in [-0.2, 0) is 0 Å². The Morgan fingerprint density at radius 2 is 1.02 bits per heavy atom. The van der Waals surface area contributed by atoms with Gasteiger partial charge in [-0.1, -0.05) is 109 Å². The predicted octanol–water partition coefficient (Wildman–Crippen LogP) is 10.9. The number of hydrogen-bond acceptors (Lipinski definition) is 2. The molecule has 9 rings (SSSR count). The molecule has 0 spiro atoms. The minimum atomic E-state index is 0.855. The predicted molar refractivity (Wildman–Crippen MR) is 172 cm³/mol. The van der Waals surface area contributed by atoms with Gasteiger partial charge in [-0.25, -0.2) is 0 Å². The second kappa shape index (κ2) is 8.51. The number of ether oxygens (including phenoxy) is 1. The van der Waals surface area contributed by atoms with Crippen molar-refractivity contribution in [1.29, 1.82) is 0 Å². The molecule has 9 aromatic rings. The van der Waals surface area contributed by atoms with E-state index in [0.717, 1.165) is 38.4 Å². The summed E-state index contributed by atoms with van der Waals surface area (Å²) in [5.41, 5.74) is 2.35. The van der Waals surface area contributed by atoms with Crippen molar-refractivity contribution >= 4 is 64.6 Å². The molecule has 0 unspecified atom stereocenters. The van der Waals surface area contributed by atoms with E-state index in [9.17, 15) is 0 Å². The van der Waals surface area contributed by atoms with Crippen LogP contribution in [0.2, 0.25) is 0 Å². The first-order valence-electron chi connectivity index (χ1n) is 14.0. The summed E-state index contributed by atoms with van der Waals surface area (Å²) in [4.78, 5) is 4.53. The molecule has 0 atom stereocenters. The monoisotopic (exact) mass is 521 g/mol. The van der Waals surface area contributed by atoms with E-state index in [1.807, 2.05) is 12.4 Å². The van der Waals surface area contributed by atoms with Gasteiger partial charge in [0.2, 0.25) is 0 Å². The van der Waals surface area contributed by atoms with Crippen molar-refractivity contribution in [3.05, 3.63) is 140 Å². The molecule has 2 heteroatoms. The van der Waals surface area contributed by atoms with Gasteiger partial charge in [-0.3, -0.25) is 4.98 Å². The van der Waals surface area contributed by atoms with Gasteiger partial charge in [-0.15, -0.1) is 0 Å². The molecule has 1 aromatic heterocycles. The van der Waals surface area contributed by atoms with Gasteiger partial charge in [0, 0.05) is 39.3 Å². The number of benzene rings is 8. The Hall–Kier alpha value is -5.47. The summed E-state index contributed by atoms with van der Waals surface area (Å²) in [6.45, 7) is 0. The third-order valence-corrected chi connectivity index (χ3v) is 8.54. The summed E-state index contributed by atoms with van der Waals surface area (Å²) < 4.78 is 7.02. The summed E-state index contributed by atoms with van der Waals surface area (Å²) in [7, 11) is 0. The minimum Gasteiger partial charge on any atom is -0.455 e. The third-order valence-electron chi connectivity index (χ3n) is 8.54. The van der Waals surface area contributed by atoms with E-state index in [4.69, 9.17) is 4.74 Å². The van der Waals surface area contributed by atoms with E-state index in [-0.39, 0.29) is 0 Å². The molecule has 41 heavy (non-hydrogen) atoms. The Labute approximate surface area is 236 Å². The quantitative estimate of drug-likeness (QED) is 0.170. The van der Waals surface area contributed by atoms with Crippen LogP contribution in [0.25, 0.3) is 75.8 Å². The van der Waals surface area contributed by atoms with Gasteiger partial charge in [0.1, 0.15) is 11.5 Å². The van der Waals surface area contributed by atoms with Crippen LogP contribution in [0.15, 0.2) is 140 Å². The number of hydrogen-bond donors (Lipinski definition) is 0. The Morgan fingerprint density at radius 1 is 0.415 bits per heavy atom. The first-order valence-corrected chi connectivity index (χ1v) is 14.0. The SMILES string of the molecule is c1ccc(-c2c3ccccc3c(Oc3ccc4c5cccc6cccc(c7cccc3c74)c65)c3ccncc23)cc1. The zero-order valence-electron chi connectivity index (χ0n) is 22.1. The molecule has 0 saturated carbocycles. The lowest BCUT2D eigenvalue weighted by Gasteiger charge is -2.19. The molecule has 2 nitrogen and oxygen atoms in total. The van der Waals surface area contributed by atoms with E-state index in [0.29, 0.717) is 0 Å². The molecule has 0 N–H and O–H groups in total. The van der Waals surface area contributed by atoms with Crippen LogP contribution in [0, 0.1) is 0 Å². The Balaban J connectivity index is 1.36. The first-order chi connectivity index (χ1) is 20.4. The fourth-order valence-corrected chi connectivity index (χ4v) is 6.82. The average molecular weight is 522 g/mol. The van der Waals surface area contributed by atoms with Gasteiger partial charge in [0.25, 0.3) is 0 Å². The highest BCUT2D eigenvalue weighted by Gasteiger charge is 2.19. The second-order valence-corrected chi connectivity index (χ2v) is 10.7. The third kappa shape index (κ3) is 3.16. The average Bonchev–Trinajstić information content (AvgIpc) is 3.04. The minimum absolute atomic E-state index is 0.855. The highest BCUT2D eigenvalue weighted by atomic mass is 16.5. The summed E-state index contributed by atoms with van der Waals surface area (Å²) in [6.07, 6.45) is 3.82. The van der Waals surface area contributed by atoms with Crippen molar-refractivity contribution in [3.63, 3.8) is 0 Å². The maximum Gasteiger partial charge on any atom is 0.143 e. The molecule has 190 valence electrons. The van der Waals surface area contributed by atoms with Crippen LogP contribution in [-0.4, -0.2) is 4.98 Å². The number of rotatable bonds is 3. The number of fused-ring (bicyclic) bond motifs is 4. The van der Waals surface area contributed by atoms with E-state index in [1.54, 1.807) is 0 Å². The topological polar surface area (TPSA) is 22.1 Å². The van der Waals surface area contributed by atoms with Gasteiger partial charge in [-0.05, 0) is 67.0 Å². The number of nitrogens with zero attached hydrogens (tertiary/aromatic N) is 1. The van der Waals surface area contributed by atoms with Crippen molar-refractivity contribution in [2.75, 3.05) is 0 Å². The van der Waals surface area contributed by atoms with Crippen molar-refractivity contribution < 1.29 is 4.74 Å². The van der Waals surface area contributed by atoms with Gasteiger partial charge in [0.15, 0.2) is 0 Å². The van der Waals surface area contributed by atoms with Crippen LogP contribution >= 0.6 is 0 Å². The maximum atomic E-state index is 7.02. The van der Waals surface area contributed by atoms with Crippen molar-refractivity contribution in [1.82, 2.24) is 4.98 Å². The van der Waals surface area contributed by atoms with Crippen LogP contribution in [0.1, 0.15) is 0 Å². The molecule has 1 heterocycles. The van der Waals surface area contributed by atoms with E-state index >= 15 is 0 Å². The highest BCUT2D eigenvalue weighted by Crippen LogP contribution is 2.47. The van der Waals surface area contributed by atoms with Gasteiger partial charge >= 0.3 is 0 Å². The lowest BCUT2D eigenvalue weighted by molar-refractivity contribution is 0.500. The summed E-state index contributed by atoms with van der Waals surface area (Å²) >= 11 is 0. The van der Waals surface area contributed by atoms with Gasteiger partial charge < -0.3 is 4.74 Å². The van der Waals surface area contributed by atoms with Gasteiger partial charge in [-0.2, -0.15) is 0 Å². The molecule has 0 fully saturated rings. The molecule has 0 saturated heterocycles. The maximum absolute atomic E-state index is 7.02. The van der Waals surface area contributed by atoms with Crippen molar-refractivity contribution in [3.8, 4) is 22.6 Å². The van der Waals surface area contributed by atoms with Crippen molar-refractivity contribution in [2.45, 2.75) is 0 Å². The largest absolute Gasteiger partial charge is 0.455 e. The first kappa shape index (κ1) is 22.4. The zero-order valence-corrected chi connectivity index (χ0v) is 22.1. The molecule has 0 aliphatic rings. The highest BCUT2D eigenvalue weighted by molar-refractivity contribution is 6.33. The lowest BCUT2D eigenvalue weighted by Crippen LogP contribution is -1.94. The molecule has 0 aliphatic carbocycles. The Morgan fingerprint density at radius 3 is 1.83 bits per heavy atom. The molecule has 8 aromatic carbocycles. The molecule has 0 aliphatic heterocycles. The summed E-state index contributed by atoms with van der Waals surface area (Å²) in [5.74, 6) is 1.71. The van der Waals surface area contributed by atoms with Crippen LogP contribution in [0.3, 0.4) is 0 Å². The van der Waals surface area contributed by atoms with E-state index < -0.39 is 0 Å². The van der Waals surface area contributed by atoms with Crippen LogP contribution in [0.4, 0.5) is 0 Å². The Bertz CT molecular complexity index is 2340. The van der Waals surface area contributed by atoms with E-state index in [1.165, 1.54) is 48.8 Å². The smallest absolute Gasteiger partial charge is 0.143 e. The lowest BCUT2D eigenvalue weighted by atomic mass is 9.89. The molecular formula is C39H23NO. The fourth-order valence-electron chi connectivity index (χ4n) is 6.82. The molecule has 0 radical (unpaired) electrons. The molecule has 0 bridgehead atoms. The van der Waals surface area contributed by atoms with Crippen molar-refractivity contribution in [2.24, 2.45) is 0 Å². The fraction of sp³-hybridized carbons (Fsp3) is 0. The Kier molecular flexibility index (Phi) is 4.64. The number of aromatic nitrogens is 1. The van der Waals surface area contributed by atoms with Crippen LogP contribution in [0.5, 0.6) is 11.5 Å². The number of pyridine rings is 1. The zero-order chi connectivity index (χ0) is 26.9. The molecular weight excluding hydrogens is 498 g/mol. The van der Waals surface area contributed by atoms with Gasteiger partial charge in [0.05, 0.1) is 0 Å². The molecule has 0 amide bonds. The normalized spacial score (nSPS) is 11.9. The summed E-state index contributed by atoms with van der Waals surface area (Å²) in [5, 5.41) is 14.4. The standard InChI is InChI=1S/C39H23NO/c1-2-9-24(10-3-1)37-29-13-4-5-14-31(29)39(32-21-22-40-23-34(32)37)41-35-20-19-30-27-16-7-12-25-11-6-15-26(36(25)27)28-17-8-18-33(35)38(28)30/h1-23H.